The van der Waals surface area contributed by atoms with E-state index >= 15 is 0 Å². The average molecular weight is 203 g/mol. The first kappa shape index (κ1) is 11.6. The summed E-state index contributed by atoms with van der Waals surface area (Å²) in [6.07, 6.45) is 5.95. The Bertz CT molecular complexity index is 341. The van der Waals surface area contributed by atoms with Crippen molar-refractivity contribution >= 4 is 0 Å². The minimum absolute atomic E-state index is 0.299. The molecule has 1 rings (SSSR count). The summed E-state index contributed by atoms with van der Waals surface area (Å²) in [5, 5.41) is 3.35. The van der Waals surface area contributed by atoms with E-state index in [1.807, 2.05) is 18.2 Å². The van der Waals surface area contributed by atoms with Crippen LogP contribution < -0.4 is 10.1 Å². The second-order valence-corrected chi connectivity index (χ2v) is 3.41. The summed E-state index contributed by atoms with van der Waals surface area (Å²) >= 11 is 0. The fraction of sp³-hybridized carbons (Fsp3) is 0.385. The van der Waals surface area contributed by atoms with Crippen molar-refractivity contribution < 1.29 is 4.74 Å². The highest BCUT2D eigenvalue weighted by molar-refractivity contribution is 5.30. The SMILES string of the molecule is C#CCCNC(C)c1cccc(OC)c1. The first-order valence-electron chi connectivity index (χ1n) is 5.08. The molecule has 0 bridgehead atoms. The van der Waals surface area contributed by atoms with Crippen LogP contribution in [0.5, 0.6) is 5.75 Å². The van der Waals surface area contributed by atoms with E-state index < -0.39 is 0 Å². The molecule has 0 spiro atoms. The van der Waals surface area contributed by atoms with Crippen LogP contribution in [0.1, 0.15) is 24.9 Å². The molecule has 0 fully saturated rings. The zero-order valence-electron chi connectivity index (χ0n) is 9.29. The summed E-state index contributed by atoms with van der Waals surface area (Å²) in [5.41, 5.74) is 1.21. The van der Waals surface area contributed by atoms with Gasteiger partial charge < -0.3 is 10.1 Å². The molecule has 0 aliphatic heterocycles. The Kier molecular flexibility index (Phi) is 4.73. The minimum atomic E-state index is 0.299. The maximum Gasteiger partial charge on any atom is 0.119 e. The molecular formula is C13H17NO. The van der Waals surface area contributed by atoms with Gasteiger partial charge in [-0.2, -0.15) is 0 Å². The van der Waals surface area contributed by atoms with E-state index in [1.165, 1.54) is 5.56 Å². The molecule has 0 aromatic heterocycles. The van der Waals surface area contributed by atoms with E-state index in [0.717, 1.165) is 18.7 Å². The summed E-state index contributed by atoms with van der Waals surface area (Å²) < 4.78 is 5.17. The standard InChI is InChI=1S/C13H17NO/c1-4-5-9-14-11(2)12-7-6-8-13(10-12)15-3/h1,6-8,10-11,14H,5,9H2,2-3H3. The molecule has 2 heteroatoms. The summed E-state index contributed by atoms with van der Waals surface area (Å²) in [6, 6.07) is 8.35. The molecular weight excluding hydrogens is 186 g/mol. The van der Waals surface area contributed by atoms with Gasteiger partial charge in [0.05, 0.1) is 7.11 Å². The van der Waals surface area contributed by atoms with E-state index in [2.05, 4.69) is 24.2 Å². The Hall–Kier alpha value is -1.46. The normalized spacial score (nSPS) is 11.8. The zero-order chi connectivity index (χ0) is 11.1. The van der Waals surface area contributed by atoms with Crippen molar-refractivity contribution in [1.29, 1.82) is 0 Å². The molecule has 1 aromatic rings. The molecule has 0 aliphatic carbocycles. The number of rotatable bonds is 5. The Labute approximate surface area is 91.6 Å². The lowest BCUT2D eigenvalue weighted by Gasteiger charge is -2.14. The summed E-state index contributed by atoms with van der Waals surface area (Å²) in [4.78, 5) is 0. The first-order valence-corrected chi connectivity index (χ1v) is 5.08. The number of nitrogens with one attached hydrogen (secondary N) is 1. The molecule has 0 aliphatic rings. The van der Waals surface area contributed by atoms with Crippen LogP contribution >= 0.6 is 0 Å². The van der Waals surface area contributed by atoms with Crippen LogP contribution in [-0.2, 0) is 0 Å². The van der Waals surface area contributed by atoms with Crippen molar-refractivity contribution in [3.63, 3.8) is 0 Å². The minimum Gasteiger partial charge on any atom is -0.497 e. The van der Waals surface area contributed by atoms with E-state index in [9.17, 15) is 0 Å². The van der Waals surface area contributed by atoms with Crippen molar-refractivity contribution in [1.82, 2.24) is 5.32 Å². The highest BCUT2D eigenvalue weighted by Gasteiger charge is 2.04. The molecule has 0 amide bonds. The Morgan fingerprint density at radius 2 is 2.33 bits per heavy atom. The number of benzene rings is 1. The molecule has 0 saturated carbocycles. The molecule has 0 saturated heterocycles. The Balaban J connectivity index is 2.57. The lowest BCUT2D eigenvalue weighted by molar-refractivity contribution is 0.413. The number of hydrogen-bond donors (Lipinski definition) is 1. The van der Waals surface area contributed by atoms with E-state index in [0.29, 0.717) is 6.04 Å². The highest BCUT2D eigenvalue weighted by Crippen LogP contribution is 2.18. The lowest BCUT2D eigenvalue weighted by atomic mass is 10.1. The predicted octanol–water partition coefficient (Wildman–Crippen LogP) is 2.37. The molecule has 80 valence electrons. The highest BCUT2D eigenvalue weighted by atomic mass is 16.5. The van der Waals surface area contributed by atoms with Gasteiger partial charge in [0, 0.05) is 19.0 Å². The summed E-state index contributed by atoms with van der Waals surface area (Å²) in [7, 11) is 1.68. The fourth-order valence-corrected chi connectivity index (χ4v) is 1.39. The monoisotopic (exact) mass is 203 g/mol. The van der Waals surface area contributed by atoms with Crippen LogP contribution in [0.2, 0.25) is 0 Å². The van der Waals surface area contributed by atoms with Gasteiger partial charge in [-0.3, -0.25) is 0 Å². The quantitative estimate of drug-likeness (QED) is 0.586. The number of hydrogen-bond acceptors (Lipinski definition) is 2. The predicted molar refractivity (Wildman–Crippen MR) is 62.9 cm³/mol. The van der Waals surface area contributed by atoms with Gasteiger partial charge in [-0.15, -0.1) is 12.3 Å². The zero-order valence-corrected chi connectivity index (χ0v) is 9.29. The maximum atomic E-state index is 5.19. The largest absolute Gasteiger partial charge is 0.497 e. The van der Waals surface area contributed by atoms with Crippen LogP contribution in [0.25, 0.3) is 0 Å². The van der Waals surface area contributed by atoms with E-state index in [1.54, 1.807) is 7.11 Å². The van der Waals surface area contributed by atoms with Crippen molar-refractivity contribution in [2.75, 3.05) is 13.7 Å². The fourth-order valence-electron chi connectivity index (χ4n) is 1.39. The second kappa shape index (κ2) is 6.10. The van der Waals surface area contributed by atoms with E-state index in [-0.39, 0.29) is 0 Å². The number of ether oxygens (including phenoxy) is 1. The third-order valence-electron chi connectivity index (χ3n) is 2.31. The third kappa shape index (κ3) is 3.65. The Morgan fingerprint density at radius 3 is 3.00 bits per heavy atom. The first-order chi connectivity index (χ1) is 7.27. The lowest BCUT2D eigenvalue weighted by Crippen LogP contribution is -2.19. The number of terminal acetylenes is 1. The van der Waals surface area contributed by atoms with Crippen molar-refractivity contribution in [2.45, 2.75) is 19.4 Å². The smallest absolute Gasteiger partial charge is 0.119 e. The summed E-state index contributed by atoms with van der Waals surface area (Å²) in [6.45, 7) is 2.96. The maximum absolute atomic E-state index is 5.19. The van der Waals surface area contributed by atoms with Gasteiger partial charge in [0.2, 0.25) is 0 Å². The molecule has 15 heavy (non-hydrogen) atoms. The van der Waals surface area contributed by atoms with E-state index in [4.69, 9.17) is 11.2 Å². The van der Waals surface area contributed by atoms with Gasteiger partial charge in [-0.05, 0) is 24.6 Å². The van der Waals surface area contributed by atoms with Crippen LogP contribution in [0.15, 0.2) is 24.3 Å². The van der Waals surface area contributed by atoms with Gasteiger partial charge in [0.15, 0.2) is 0 Å². The van der Waals surface area contributed by atoms with Crippen molar-refractivity contribution in [2.24, 2.45) is 0 Å². The van der Waals surface area contributed by atoms with Crippen molar-refractivity contribution in [3.05, 3.63) is 29.8 Å². The molecule has 2 nitrogen and oxygen atoms in total. The molecule has 0 radical (unpaired) electrons. The van der Waals surface area contributed by atoms with Gasteiger partial charge in [-0.25, -0.2) is 0 Å². The molecule has 1 N–H and O–H groups in total. The number of methoxy groups -OCH3 is 1. The third-order valence-corrected chi connectivity index (χ3v) is 2.31. The van der Waals surface area contributed by atoms with Gasteiger partial charge >= 0.3 is 0 Å². The van der Waals surface area contributed by atoms with Gasteiger partial charge in [-0.1, -0.05) is 12.1 Å². The van der Waals surface area contributed by atoms with Crippen molar-refractivity contribution in [3.8, 4) is 18.1 Å². The molecule has 1 aromatic carbocycles. The topological polar surface area (TPSA) is 21.3 Å². The Morgan fingerprint density at radius 1 is 1.53 bits per heavy atom. The van der Waals surface area contributed by atoms with Crippen LogP contribution in [0, 0.1) is 12.3 Å². The van der Waals surface area contributed by atoms with Gasteiger partial charge in [0.25, 0.3) is 0 Å². The molecule has 1 unspecified atom stereocenters. The molecule has 1 atom stereocenters. The van der Waals surface area contributed by atoms with Crippen LogP contribution in [0.4, 0.5) is 0 Å². The van der Waals surface area contributed by atoms with Crippen LogP contribution in [-0.4, -0.2) is 13.7 Å². The summed E-state index contributed by atoms with van der Waals surface area (Å²) in [5.74, 6) is 3.50. The second-order valence-electron chi connectivity index (χ2n) is 3.41. The van der Waals surface area contributed by atoms with Gasteiger partial charge in [0.1, 0.15) is 5.75 Å². The molecule has 0 heterocycles. The van der Waals surface area contributed by atoms with Crippen LogP contribution in [0.3, 0.4) is 0 Å². The average Bonchev–Trinajstić information content (AvgIpc) is 2.29.